The fourth-order valence-electron chi connectivity index (χ4n) is 1.93. The molecule has 0 amide bonds. The van der Waals surface area contributed by atoms with Gasteiger partial charge in [0.25, 0.3) is 10.2 Å². The molecular formula is C11H23N3O2S2. The molecule has 1 rings (SSSR count). The summed E-state index contributed by atoms with van der Waals surface area (Å²) in [5, 5.41) is 0. The van der Waals surface area contributed by atoms with Crippen LogP contribution in [0.2, 0.25) is 0 Å². The van der Waals surface area contributed by atoms with Gasteiger partial charge >= 0.3 is 0 Å². The van der Waals surface area contributed by atoms with Crippen LogP contribution < -0.4 is 10.5 Å². The van der Waals surface area contributed by atoms with E-state index >= 15 is 0 Å². The van der Waals surface area contributed by atoms with Crippen LogP contribution in [-0.4, -0.2) is 36.3 Å². The van der Waals surface area contributed by atoms with E-state index in [1.54, 1.807) is 6.92 Å². The van der Waals surface area contributed by atoms with Crippen molar-refractivity contribution in [2.75, 3.05) is 13.1 Å². The van der Waals surface area contributed by atoms with E-state index in [9.17, 15) is 8.42 Å². The molecule has 3 N–H and O–H groups in total. The highest BCUT2D eigenvalue weighted by Gasteiger charge is 2.34. The van der Waals surface area contributed by atoms with Crippen LogP contribution in [-0.2, 0) is 10.2 Å². The lowest BCUT2D eigenvalue weighted by molar-refractivity contribution is 0.398. The van der Waals surface area contributed by atoms with Crippen molar-refractivity contribution in [2.24, 2.45) is 5.73 Å². The minimum atomic E-state index is -3.51. The standard InChI is InChI=1S/C11H23N3O2S2/c1-3-11(2,10(12)17)13-18(15,16)14-8-6-4-5-7-9-14/h13H,3-9H2,1-2H3,(H2,12,17). The van der Waals surface area contributed by atoms with Crippen molar-refractivity contribution in [3.8, 4) is 0 Å². The molecule has 0 bridgehead atoms. The van der Waals surface area contributed by atoms with E-state index in [1.165, 1.54) is 4.31 Å². The van der Waals surface area contributed by atoms with E-state index in [-0.39, 0.29) is 4.99 Å². The second-order valence-corrected chi connectivity index (χ2v) is 7.08. The summed E-state index contributed by atoms with van der Waals surface area (Å²) in [6.45, 7) is 4.74. The van der Waals surface area contributed by atoms with E-state index in [4.69, 9.17) is 18.0 Å². The Morgan fingerprint density at radius 1 is 1.33 bits per heavy atom. The van der Waals surface area contributed by atoms with Crippen molar-refractivity contribution >= 4 is 27.4 Å². The molecule has 1 heterocycles. The molecular weight excluding hydrogens is 270 g/mol. The largest absolute Gasteiger partial charge is 0.392 e. The molecule has 0 spiro atoms. The highest BCUT2D eigenvalue weighted by atomic mass is 32.2. The Bertz CT molecular complexity index is 389. The number of nitrogens with one attached hydrogen (secondary N) is 1. The van der Waals surface area contributed by atoms with Gasteiger partial charge in [-0.1, -0.05) is 32.0 Å². The molecule has 1 aliphatic rings. The summed E-state index contributed by atoms with van der Waals surface area (Å²) in [4.78, 5) is 0.184. The summed E-state index contributed by atoms with van der Waals surface area (Å²) >= 11 is 4.96. The van der Waals surface area contributed by atoms with Crippen molar-refractivity contribution in [2.45, 2.75) is 51.5 Å². The Hall–Kier alpha value is -0.240. The van der Waals surface area contributed by atoms with E-state index in [1.807, 2.05) is 6.92 Å². The van der Waals surface area contributed by atoms with Gasteiger partial charge < -0.3 is 5.73 Å². The van der Waals surface area contributed by atoms with Crippen molar-refractivity contribution in [3.63, 3.8) is 0 Å². The van der Waals surface area contributed by atoms with Gasteiger partial charge in [0, 0.05) is 13.1 Å². The third-order valence-corrected chi connectivity index (χ3v) is 5.71. The van der Waals surface area contributed by atoms with Gasteiger partial charge in [-0.15, -0.1) is 0 Å². The molecule has 106 valence electrons. The molecule has 1 fully saturated rings. The second kappa shape index (κ2) is 6.27. The Morgan fingerprint density at radius 2 is 1.83 bits per heavy atom. The van der Waals surface area contributed by atoms with E-state index in [0.29, 0.717) is 19.5 Å². The predicted molar refractivity (Wildman–Crippen MR) is 77.6 cm³/mol. The molecule has 1 atom stereocenters. The van der Waals surface area contributed by atoms with Gasteiger partial charge in [0.05, 0.1) is 10.5 Å². The number of hydrogen-bond acceptors (Lipinski definition) is 3. The van der Waals surface area contributed by atoms with Gasteiger partial charge in [-0.3, -0.25) is 0 Å². The first kappa shape index (κ1) is 15.8. The highest BCUT2D eigenvalue weighted by molar-refractivity contribution is 7.87. The van der Waals surface area contributed by atoms with Crippen LogP contribution in [0.3, 0.4) is 0 Å². The molecule has 18 heavy (non-hydrogen) atoms. The van der Waals surface area contributed by atoms with Crippen molar-refractivity contribution in [3.05, 3.63) is 0 Å². The van der Waals surface area contributed by atoms with Gasteiger partial charge in [0.1, 0.15) is 0 Å². The minimum absolute atomic E-state index is 0.184. The molecule has 0 aliphatic carbocycles. The quantitative estimate of drug-likeness (QED) is 0.746. The lowest BCUT2D eigenvalue weighted by Crippen LogP contribution is -2.57. The second-order valence-electron chi connectivity index (χ2n) is 4.97. The Morgan fingerprint density at radius 3 is 2.22 bits per heavy atom. The van der Waals surface area contributed by atoms with Crippen LogP contribution in [0, 0.1) is 0 Å². The number of rotatable bonds is 5. The third kappa shape index (κ3) is 3.88. The van der Waals surface area contributed by atoms with Gasteiger partial charge in [0.15, 0.2) is 0 Å². The lowest BCUT2D eigenvalue weighted by Gasteiger charge is -2.31. The maximum absolute atomic E-state index is 12.3. The van der Waals surface area contributed by atoms with E-state index in [2.05, 4.69) is 4.72 Å². The summed E-state index contributed by atoms with van der Waals surface area (Å²) < 4.78 is 28.8. The smallest absolute Gasteiger partial charge is 0.280 e. The van der Waals surface area contributed by atoms with Crippen molar-refractivity contribution in [1.82, 2.24) is 9.03 Å². The van der Waals surface area contributed by atoms with Crippen LogP contribution >= 0.6 is 12.2 Å². The molecule has 0 aromatic rings. The Kier molecular flexibility index (Phi) is 5.51. The van der Waals surface area contributed by atoms with Crippen LogP contribution in [0.5, 0.6) is 0 Å². The maximum atomic E-state index is 12.3. The van der Waals surface area contributed by atoms with Crippen LogP contribution in [0.15, 0.2) is 0 Å². The molecule has 1 aliphatic heterocycles. The summed E-state index contributed by atoms with van der Waals surface area (Å²) in [6, 6.07) is 0. The SMILES string of the molecule is CCC(C)(NS(=O)(=O)N1CCCCCC1)C(N)=S. The average molecular weight is 293 g/mol. The molecule has 0 saturated carbocycles. The first-order chi connectivity index (χ1) is 8.32. The zero-order chi connectivity index (χ0) is 13.8. The molecule has 0 aromatic carbocycles. The van der Waals surface area contributed by atoms with Gasteiger partial charge in [-0.2, -0.15) is 17.4 Å². The summed E-state index contributed by atoms with van der Waals surface area (Å²) in [7, 11) is -3.51. The zero-order valence-corrected chi connectivity index (χ0v) is 12.7. The Labute approximate surface area is 115 Å². The molecule has 7 heteroatoms. The summed E-state index contributed by atoms with van der Waals surface area (Å²) in [5.74, 6) is 0. The maximum Gasteiger partial charge on any atom is 0.280 e. The summed E-state index contributed by atoms with van der Waals surface area (Å²) in [5.41, 5.74) is 4.79. The normalized spacial score (nSPS) is 22.1. The zero-order valence-electron chi connectivity index (χ0n) is 11.1. The van der Waals surface area contributed by atoms with Crippen LogP contribution in [0.4, 0.5) is 0 Å². The number of hydrogen-bond donors (Lipinski definition) is 2. The van der Waals surface area contributed by atoms with Gasteiger partial charge in [-0.05, 0) is 26.2 Å². The highest BCUT2D eigenvalue weighted by Crippen LogP contribution is 2.17. The first-order valence-electron chi connectivity index (χ1n) is 6.41. The first-order valence-corrected chi connectivity index (χ1v) is 8.25. The van der Waals surface area contributed by atoms with E-state index < -0.39 is 15.7 Å². The van der Waals surface area contributed by atoms with E-state index in [0.717, 1.165) is 25.7 Å². The average Bonchev–Trinajstić information content (AvgIpc) is 2.57. The number of thiocarbonyl (C=S) groups is 1. The molecule has 0 radical (unpaired) electrons. The monoisotopic (exact) mass is 293 g/mol. The predicted octanol–water partition coefficient (Wildman–Crippen LogP) is 1.15. The molecule has 1 saturated heterocycles. The molecule has 5 nitrogen and oxygen atoms in total. The molecule has 0 aromatic heterocycles. The minimum Gasteiger partial charge on any atom is -0.392 e. The Balaban J connectivity index is 2.82. The fraction of sp³-hybridized carbons (Fsp3) is 0.909. The summed E-state index contributed by atoms with van der Waals surface area (Å²) in [6.07, 6.45) is 4.54. The third-order valence-electron chi connectivity index (χ3n) is 3.51. The number of nitrogens with zero attached hydrogens (tertiary/aromatic N) is 1. The number of nitrogens with two attached hydrogens (primary N) is 1. The fourth-order valence-corrected chi connectivity index (χ4v) is 3.88. The van der Waals surface area contributed by atoms with Crippen molar-refractivity contribution in [1.29, 1.82) is 0 Å². The van der Waals surface area contributed by atoms with Crippen LogP contribution in [0.25, 0.3) is 0 Å². The van der Waals surface area contributed by atoms with Crippen molar-refractivity contribution < 1.29 is 8.42 Å². The lowest BCUT2D eigenvalue weighted by atomic mass is 10.0. The van der Waals surface area contributed by atoms with Crippen LogP contribution in [0.1, 0.15) is 46.0 Å². The van der Waals surface area contributed by atoms with Gasteiger partial charge in [-0.25, -0.2) is 0 Å². The molecule has 1 unspecified atom stereocenters. The van der Waals surface area contributed by atoms with Gasteiger partial charge in [0.2, 0.25) is 0 Å². The topological polar surface area (TPSA) is 75.4 Å².